The molecule has 6 aromatic rings. The second-order valence-electron chi connectivity index (χ2n) is 16.7. The number of nitrogens with zero attached hydrogens (tertiary/aromatic N) is 3. The maximum atomic E-state index is 3.42. The Bertz CT molecular complexity index is 2120. The van der Waals surface area contributed by atoms with Crippen LogP contribution in [0.3, 0.4) is 0 Å². The second-order valence-corrected chi connectivity index (χ2v) is 20.0. The highest BCUT2D eigenvalue weighted by Gasteiger charge is 2.18. The Hall–Kier alpha value is -4.35. The summed E-state index contributed by atoms with van der Waals surface area (Å²) in [7, 11) is 0. The van der Waals surface area contributed by atoms with Crippen molar-refractivity contribution in [3.05, 3.63) is 161 Å². The number of piperazine rings is 3. The van der Waals surface area contributed by atoms with Crippen LogP contribution >= 0.6 is 35.3 Å². The first kappa shape index (κ1) is 46.6. The van der Waals surface area contributed by atoms with Gasteiger partial charge in [0.15, 0.2) is 0 Å². The zero-order chi connectivity index (χ0) is 44.0. The van der Waals surface area contributed by atoms with Crippen LogP contribution in [0.2, 0.25) is 0 Å². The summed E-state index contributed by atoms with van der Waals surface area (Å²) in [6.07, 6.45) is 0. The smallest absolute Gasteiger partial charge is 0.0508 e. The first-order valence-corrected chi connectivity index (χ1v) is 25.1. The predicted octanol–water partition coefficient (Wildman–Crippen LogP) is 11.6. The van der Waals surface area contributed by atoms with Gasteiger partial charge in [-0.2, -0.15) is 0 Å². The van der Waals surface area contributed by atoms with Gasteiger partial charge in [-0.1, -0.05) is 125 Å². The van der Waals surface area contributed by atoms with Crippen molar-refractivity contribution in [2.24, 2.45) is 0 Å². The Kier molecular flexibility index (Phi) is 17.4. The van der Waals surface area contributed by atoms with Gasteiger partial charge in [-0.15, -0.1) is 0 Å². The highest BCUT2D eigenvalue weighted by atomic mass is 32.2. The van der Waals surface area contributed by atoms with Crippen LogP contribution in [0.1, 0.15) is 33.4 Å². The second kappa shape index (κ2) is 23.5. The van der Waals surface area contributed by atoms with Crippen LogP contribution in [0.15, 0.2) is 157 Å². The molecular weight excluding hydrogens is 829 g/mol. The van der Waals surface area contributed by atoms with Crippen molar-refractivity contribution in [3.8, 4) is 0 Å². The molecule has 3 aliphatic rings. The number of anilines is 3. The first-order valence-electron chi connectivity index (χ1n) is 22.6. The molecule has 6 nitrogen and oxygen atoms in total. The van der Waals surface area contributed by atoms with E-state index in [2.05, 4.69) is 200 Å². The zero-order valence-electron chi connectivity index (χ0n) is 38.2. The van der Waals surface area contributed by atoms with Gasteiger partial charge in [-0.3, -0.25) is 0 Å². The van der Waals surface area contributed by atoms with E-state index in [0.717, 1.165) is 78.5 Å². The average Bonchev–Trinajstić information content (AvgIpc) is 3.31. The summed E-state index contributed by atoms with van der Waals surface area (Å²) in [6, 6.07) is 46.4. The molecule has 63 heavy (non-hydrogen) atoms. The van der Waals surface area contributed by atoms with E-state index in [-0.39, 0.29) is 0 Å². The van der Waals surface area contributed by atoms with E-state index in [9.17, 15) is 0 Å². The van der Waals surface area contributed by atoms with E-state index in [1.807, 2.05) is 35.3 Å². The third-order valence-electron chi connectivity index (χ3n) is 11.6. The van der Waals surface area contributed by atoms with Gasteiger partial charge in [0, 0.05) is 108 Å². The Morgan fingerprint density at radius 1 is 0.317 bits per heavy atom. The van der Waals surface area contributed by atoms with Gasteiger partial charge in [0.1, 0.15) is 0 Å². The number of rotatable bonds is 9. The molecule has 9 heteroatoms. The lowest BCUT2D eigenvalue weighted by Crippen LogP contribution is -2.43. The van der Waals surface area contributed by atoms with Crippen LogP contribution in [0.5, 0.6) is 0 Å². The minimum atomic E-state index is 1.07. The van der Waals surface area contributed by atoms with Crippen LogP contribution in [0.4, 0.5) is 17.1 Å². The van der Waals surface area contributed by atoms with Crippen molar-refractivity contribution >= 4 is 52.3 Å². The molecule has 0 aromatic heterocycles. The molecular formula is C54H66N6S3. The van der Waals surface area contributed by atoms with Crippen LogP contribution in [0.25, 0.3) is 0 Å². The van der Waals surface area contributed by atoms with Gasteiger partial charge < -0.3 is 30.7 Å². The van der Waals surface area contributed by atoms with Gasteiger partial charge in [-0.25, -0.2) is 0 Å². The summed E-state index contributed by atoms with van der Waals surface area (Å²) in [4.78, 5) is 15.6. The SMILES string of the molecule is Cc1ccc(Sc2ccccc2N2CCNCC2)c(C)c1.Cc1ccc(Sc2ccccc2N2CCNCC2)c(C)c1.Cc1ccc(Sc2ccccc2N2CCNCC2)c(C)c1. The zero-order valence-corrected chi connectivity index (χ0v) is 40.6. The summed E-state index contributed by atoms with van der Waals surface area (Å²) in [5.41, 5.74) is 12.1. The first-order chi connectivity index (χ1) is 30.7. The van der Waals surface area contributed by atoms with Gasteiger partial charge >= 0.3 is 0 Å². The van der Waals surface area contributed by atoms with Crippen molar-refractivity contribution < 1.29 is 0 Å². The molecule has 0 bridgehead atoms. The molecule has 0 atom stereocenters. The van der Waals surface area contributed by atoms with Gasteiger partial charge in [-0.05, 0) is 113 Å². The topological polar surface area (TPSA) is 45.8 Å². The molecule has 0 amide bonds. The lowest BCUT2D eigenvalue weighted by molar-refractivity contribution is 0.587. The highest BCUT2D eigenvalue weighted by Crippen LogP contribution is 2.39. The number of benzene rings is 6. The molecule has 0 unspecified atom stereocenters. The normalized spacial score (nSPS) is 15.2. The standard InChI is InChI=1S/3C18H22N2S/c3*1-14-7-8-17(15(2)13-14)21-18-6-4-3-5-16(18)20-11-9-19-10-12-20/h3*3-8,13,19H,9-12H2,1-2H3. The fraction of sp³-hybridized carbons (Fsp3) is 0.333. The van der Waals surface area contributed by atoms with Crippen LogP contribution in [0, 0.1) is 41.5 Å². The molecule has 3 N–H and O–H groups in total. The fourth-order valence-electron chi connectivity index (χ4n) is 8.23. The molecule has 9 rings (SSSR count). The average molecular weight is 895 g/mol. The number of aryl methyl sites for hydroxylation is 6. The molecule has 0 radical (unpaired) electrons. The van der Waals surface area contributed by atoms with E-state index in [0.29, 0.717) is 0 Å². The third kappa shape index (κ3) is 13.3. The molecule has 3 saturated heterocycles. The van der Waals surface area contributed by atoms with Crippen molar-refractivity contribution in [3.63, 3.8) is 0 Å². The van der Waals surface area contributed by atoms with Gasteiger partial charge in [0.05, 0.1) is 17.1 Å². The van der Waals surface area contributed by atoms with Crippen molar-refractivity contribution in [2.45, 2.75) is 70.9 Å². The molecule has 330 valence electrons. The molecule has 3 aliphatic heterocycles. The lowest BCUT2D eigenvalue weighted by atomic mass is 10.2. The quantitative estimate of drug-likeness (QED) is 0.132. The Labute approximate surface area is 391 Å². The van der Waals surface area contributed by atoms with Crippen molar-refractivity contribution in [2.75, 3.05) is 93.2 Å². The van der Waals surface area contributed by atoms with E-state index in [1.54, 1.807) is 0 Å². The van der Waals surface area contributed by atoms with Crippen LogP contribution in [-0.4, -0.2) is 78.5 Å². The third-order valence-corrected chi connectivity index (χ3v) is 15.3. The molecule has 3 fully saturated rings. The number of para-hydroxylation sites is 3. The van der Waals surface area contributed by atoms with Crippen molar-refractivity contribution in [1.29, 1.82) is 0 Å². The van der Waals surface area contributed by atoms with Gasteiger partial charge in [0.2, 0.25) is 0 Å². The van der Waals surface area contributed by atoms with Crippen molar-refractivity contribution in [1.82, 2.24) is 16.0 Å². The maximum absolute atomic E-state index is 3.42. The fourth-order valence-corrected chi connectivity index (χ4v) is 11.4. The molecule has 6 aromatic carbocycles. The largest absolute Gasteiger partial charge is 0.368 e. The predicted molar refractivity (Wildman–Crippen MR) is 275 cm³/mol. The number of nitrogens with one attached hydrogen (secondary N) is 3. The number of hydrogen-bond donors (Lipinski definition) is 3. The van der Waals surface area contributed by atoms with E-state index < -0.39 is 0 Å². The molecule has 0 aliphatic carbocycles. The minimum Gasteiger partial charge on any atom is -0.368 e. The molecule has 0 saturated carbocycles. The Morgan fingerprint density at radius 2 is 0.571 bits per heavy atom. The molecule has 0 spiro atoms. The summed E-state index contributed by atoms with van der Waals surface area (Å²) in [5.74, 6) is 0. The summed E-state index contributed by atoms with van der Waals surface area (Å²) >= 11 is 5.64. The Morgan fingerprint density at radius 3 is 0.825 bits per heavy atom. The van der Waals surface area contributed by atoms with E-state index in [4.69, 9.17) is 0 Å². The highest BCUT2D eigenvalue weighted by molar-refractivity contribution is 8.00. The minimum absolute atomic E-state index is 1.07. The summed E-state index contributed by atoms with van der Waals surface area (Å²) in [6.45, 7) is 26.0. The van der Waals surface area contributed by atoms with Gasteiger partial charge in [0.25, 0.3) is 0 Å². The maximum Gasteiger partial charge on any atom is 0.0508 e. The summed E-state index contributed by atoms with van der Waals surface area (Å²) < 4.78 is 0. The Balaban J connectivity index is 0.000000142. The lowest BCUT2D eigenvalue weighted by Gasteiger charge is -2.31. The van der Waals surface area contributed by atoms with E-state index in [1.165, 1.54) is 79.8 Å². The number of hydrogen-bond acceptors (Lipinski definition) is 9. The van der Waals surface area contributed by atoms with Crippen LogP contribution in [-0.2, 0) is 0 Å². The van der Waals surface area contributed by atoms with E-state index >= 15 is 0 Å². The summed E-state index contributed by atoms with van der Waals surface area (Å²) in [5, 5.41) is 10.3. The monoisotopic (exact) mass is 894 g/mol. The molecule has 3 heterocycles. The van der Waals surface area contributed by atoms with Crippen LogP contribution < -0.4 is 30.7 Å².